The van der Waals surface area contributed by atoms with Crippen molar-refractivity contribution in [1.29, 1.82) is 0 Å². The third kappa shape index (κ3) is 2.32. The Kier molecular flexibility index (Phi) is 4.02. The molecule has 2 rings (SSSR count). The van der Waals surface area contributed by atoms with Gasteiger partial charge < -0.3 is 5.73 Å². The third-order valence-corrected chi connectivity index (χ3v) is 3.93. The van der Waals surface area contributed by atoms with Crippen LogP contribution in [0.25, 0.3) is 0 Å². The Morgan fingerprint density at radius 3 is 2.94 bits per heavy atom. The molecule has 2 atom stereocenters. The zero-order valence-electron chi connectivity index (χ0n) is 10.00. The molecule has 0 amide bonds. The highest BCUT2D eigenvalue weighted by Crippen LogP contribution is 2.38. The lowest BCUT2D eigenvalue weighted by Crippen LogP contribution is -2.28. The Morgan fingerprint density at radius 1 is 1.53 bits per heavy atom. The molecule has 0 spiro atoms. The van der Waals surface area contributed by atoms with E-state index in [1.807, 2.05) is 6.07 Å². The topological polar surface area (TPSA) is 29.3 Å². The van der Waals surface area contributed by atoms with Crippen molar-refractivity contribution in [1.82, 2.24) is 4.90 Å². The van der Waals surface area contributed by atoms with E-state index in [1.165, 1.54) is 0 Å². The van der Waals surface area contributed by atoms with E-state index in [-0.39, 0.29) is 16.9 Å². The number of nitrogens with two attached hydrogens (primary N) is 1. The number of halogens is 2. The molecule has 1 fully saturated rings. The molecule has 17 heavy (non-hydrogen) atoms. The maximum atomic E-state index is 14.1. The van der Waals surface area contributed by atoms with Crippen molar-refractivity contribution in [2.45, 2.75) is 19.4 Å². The first kappa shape index (κ1) is 12.8. The van der Waals surface area contributed by atoms with Crippen LogP contribution in [0.1, 0.15) is 24.9 Å². The fourth-order valence-corrected chi connectivity index (χ4v) is 2.91. The SMILES string of the molecule is CCN1CCC(CN)C1c1cccc(Cl)c1F. The van der Waals surface area contributed by atoms with E-state index < -0.39 is 0 Å². The molecule has 0 radical (unpaired) electrons. The Morgan fingerprint density at radius 2 is 2.29 bits per heavy atom. The summed E-state index contributed by atoms with van der Waals surface area (Å²) < 4.78 is 14.1. The van der Waals surface area contributed by atoms with Gasteiger partial charge in [0.2, 0.25) is 0 Å². The standard InChI is InChI=1S/C13H18ClFN2/c1-2-17-7-6-9(8-16)13(17)10-4-3-5-11(14)12(10)15/h3-5,9,13H,2,6-8,16H2,1H3. The Balaban J connectivity index is 2.38. The summed E-state index contributed by atoms with van der Waals surface area (Å²) in [6.07, 6.45) is 1.03. The van der Waals surface area contributed by atoms with Crippen LogP contribution in [-0.4, -0.2) is 24.5 Å². The molecule has 2 N–H and O–H groups in total. The molecule has 4 heteroatoms. The van der Waals surface area contributed by atoms with Crippen LogP contribution >= 0.6 is 11.6 Å². The molecule has 1 heterocycles. The molecule has 0 saturated carbocycles. The zero-order chi connectivity index (χ0) is 12.4. The number of hydrogen-bond donors (Lipinski definition) is 1. The Bertz CT molecular complexity index is 385. The van der Waals surface area contributed by atoms with Crippen molar-refractivity contribution in [3.63, 3.8) is 0 Å². The van der Waals surface area contributed by atoms with Gasteiger partial charge in [0.25, 0.3) is 0 Å². The highest BCUT2D eigenvalue weighted by Gasteiger charge is 2.35. The van der Waals surface area contributed by atoms with Crippen molar-refractivity contribution >= 4 is 11.6 Å². The predicted molar refractivity (Wildman–Crippen MR) is 68.6 cm³/mol. The van der Waals surface area contributed by atoms with Crippen LogP contribution in [0.4, 0.5) is 4.39 Å². The van der Waals surface area contributed by atoms with Gasteiger partial charge in [0, 0.05) is 11.6 Å². The van der Waals surface area contributed by atoms with Gasteiger partial charge in [0.1, 0.15) is 5.82 Å². The Labute approximate surface area is 107 Å². The van der Waals surface area contributed by atoms with Crippen molar-refractivity contribution < 1.29 is 4.39 Å². The summed E-state index contributed by atoms with van der Waals surface area (Å²) in [6, 6.07) is 5.29. The number of rotatable bonds is 3. The highest BCUT2D eigenvalue weighted by molar-refractivity contribution is 6.30. The van der Waals surface area contributed by atoms with E-state index in [0.29, 0.717) is 18.0 Å². The van der Waals surface area contributed by atoms with Gasteiger partial charge in [-0.15, -0.1) is 0 Å². The van der Waals surface area contributed by atoms with Crippen LogP contribution < -0.4 is 5.73 Å². The van der Waals surface area contributed by atoms with E-state index in [9.17, 15) is 4.39 Å². The summed E-state index contributed by atoms with van der Waals surface area (Å²) in [5.41, 5.74) is 6.47. The smallest absolute Gasteiger partial charge is 0.146 e. The summed E-state index contributed by atoms with van der Waals surface area (Å²) in [4.78, 5) is 2.27. The van der Waals surface area contributed by atoms with Crippen LogP contribution in [0, 0.1) is 11.7 Å². The van der Waals surface area contributed by atoms with Gasteiger partial charge in [0.15, 0.2) is 0 Å². The van der Waals surface area contributed by atoms with Crippen LogP contribution in [0.15, 0.2) is 18.2 Å². The van der Waals surface area contributed by atoms with E-state index in [2.05, 4.69) is 11.8 Å². The number of benzene rings is 1. The molecule has 2 nitrogen and oxygen atoms in total. The second kappa shape index (κ2) is 5.34. The van der Waals surface area contributed by atoms with Gasteiger partial charge in [-0.3, -0.25) is 4.90 Å². The van der Waals surface area contributed by atoms with E-state index in [0.717, 1.165) is 19.5 Å². The third-order valence-electron chi connectivity index (χ3n) is 3.64. The molecule has 1 aromatic carbocycles. The van der Waals surface area contributed by atoms with E-state index in [1.54, 1.807) is 12.1 Å². The fraction of sp³-hybridized carbons (Fsp3) is 0.538. The van der Waals surface area contributed by atoms with Crippen molar-refractivity contribution in [3.8, 4) is 0 Å². The summed E-state index contributed by atoms with van der Waals surface area (Å²) in [7, 11) is 0. The van der Waals surface area contributed by atoms with Crippen molar-refractivity contribution in [3.05, 3.63) is 34.6 Å². The Hall–Kier alpha value is -0.640. The number of hydrogen-bond acceptors (Lipinski definition) is 2. The van der Waals surface area contributed by atoms with Gasteiger partial charge in [0.05, 0.1) is 5.02 Å². The predicted octanol–water partition coefficient (Wildman–Crippen LogP) is 2.82. The quantitative estimate of drug-likeness (QED) is 0.901. The van der Waals surface area contributed by atoms with Crippen LogP contribution in [-0.2, 0) is 0 Å². The molecule has 0 bridgehead atoms. The molecular formula is C13H18ClFN2. The van der Waals surface area contributed by atoms with Crippen LogP contribution in [0.3, 0.4) is 0 Å². The first-order valence-electron chi connectivity index (χ1n) is 6.07. The number of likely N-dealkylation sites (tertiary alicyclic amines) is 1. The van der Waals surface area contributed by atoms with Crippen molar-refractivity contribution in [2.24, 2.45) is 11.7 Å². The fourth-order valence-electron chi connectivity index (χ4n) is 2.73. The average molecular weight is 257 g/mol. The molecule has 0 aromatic heterocycles. The zero-order valence-corrected chi connectivity index (χ0v) is 10.8. The molecule has 1 aliphatic rings. The minimum atomic E-state index is -0.294. The summed E-state index contributed by atoms with van der Waals surface area (Å²) in [5.74, 6) is 0.0286. The first-order chi connectivity index (χ1) is 8.19. The lowest BCUT2D eigenvalue weighted by molar-refractivity contribution is 0.236. The van der Waals surface area contributed by atoms with E-state index in [4.69, 9.17) is 17.3 Å². The van der Waals surface area contributed by atoms with Gasteiger partial charge in [-0.05, 0) is 38.0 Å². The summed E-state index contributed by atoms with van der Waals surface area (Å²) >= 11 is 5.85. The first-order valence-corrected chi connectivity index (χ1v) is 6.44. The van der Waals surface area contributed by atoms with Gasteiger partial charge in [-0.2, -0.15) is 0 Å². The van der Waals surface area contributed by atoms with Crippen LogP contribution in [0.5, 0.6) is 0 Å². The summed E-state index contributed by atoms with van der Waals surface area (Å²) in [5, 5.41) is 0.196. The normalized spacial score (nSPS) is 25.4. The molecule has 1 saturated heterocycles. The minimum Gasteiger partial charge on any atom is -0.330 e. The second-order valence-electron chi connectivity index (χ2n) is 4.50. The maximum Gasteiger partial charge on any atom is 0.146 e. The second-order valence-corrected chi connectivity index (χ2v) is 4.91. The van der Waals surface area contributed by atoms with Gasteiger partial charge >= 0.3 is 0 Å². The largest absolute Gasteiger partial charge is 0.330 e. The van der Waals surface area contributed by atoms with E-state index >= 15 is 0 Å². The molecule has 1 aromatic rings. The highest BCUT2D eigenvalue weighted by atomic mass is 35.5. The summed E-state index contributed by atoms with van der Waals surface area (Å²) in [6.45, 7) is 4.57. The minimum absolute atomic E-state index is 0.0729. The molecular weight excluding hydrogens is 239 g/mol. The molecule has 1 aliphatic heterocycles. The molecule has 0 aliphatic carbocycles. The monoisotopic (exact) mass is 256 g/mol. The van der Waals surface area contributed by atoms with Gasteiger partial charge in [-0.1, -0.05) is 30.7 Å². The van der Waals surface area contributed by atoms with Gasteiger partial charge in [-0.25, -0.2) is 4.39 Å². The molecule has 2 unspecified atom stereocenters. The lowest BCUT2D eigenvalue weighted by atomic mass is 9.93. The molecule has 94 valence electrons. The lowest BCUT2D eigenvalue weighted by Gasteiger charge is -2.27. The average Bonchev–Trinajstić information content (AvgIpc) is 2.75. The number of nitrogens with zero attached hydrogens (tertiary/aromatic N) is 1. The maximum absolute atomic E-state index is 14.1. The van der Waals surface area contributed by atoms with Crippen LogP contribution in [0.2, 0.25) is 5.02 Å². The van der Waals surface area contributed by atoms with Crippen molar-refractivity contribution in [2.75, 3.05) is 19.6 Å².